The average molecular weight is 499 g/mol. The van der Waals surface area contributed by atoms with Crippen LogP contribution in [-0.2, 0) is 14.4 Å². The molecule has 3 aromatic rings. The van der Waals surface area contributed by atoms with Crippen molar-refractivity contribution in [3.8, 4) is 0 Å². The number of aromatic amines is 2. The van der Waals surface area contributed by atoms with Gasteiger partial charge in [0.2, 0.25) is 17.7 Å². The summed E-state index contributed by atoms with van der Waals surface area (Å²) in [4.78, 5) is 28.9. The number of aromatic nitrogens is 9. The first-order valence-corrected chi connectivity index (χ1v) is 9.38. The third kappa shape index (κ3) is 44.6. The molecule has 0 spiro atoms. The third-order valence-electron chi connectivity index (χ3n) is 1.36. The topological polar surface area (TPSA) is 209 Å². The number of carbonyl (C=O) groups excluding carboxylic acids is 3. The van der Waals surface area contributed by atoms with Crippen LogP contribution < -0.4 is 14.2 Å². The van der Waals surface area contributed by atoms with Crippen molar-refractivity contribution >= 4 is 67.7 Å². The number of hydrogen-bond donors (Lipinski definition) is 8. The van der Waals surface area contributed by atoms with Crippen molar-refractivity contribution in [2.75, 3.05) is 0 Å². The van der Waals surface area contributed by atoms with Gasteiger partial charge in [-0.15, -0.1) is 15.3 Å². The highest BCUT2D eigenvalue weighted by atomic mass is 32.1. The fourth-order valence-corrected chi connectivity index (χ4v) is 0.704. The second-order valence-corrected chi connectivity index (χ2v) is 5.13. The molecule has 5 N–H and O–H groups in total. The van der Waals surface area contributed by atoms with Crippen LogP contribution in [0.15, 0.2) is 30.3 Å². The van der Waals surface area contributed by atoms with Gasteiger partial charge < -0.3 is 14.2 Å². The first-order valence-electron chi connectivity index (χ1n) is 7.20. The Morgan fingerprint density at radius 1 is 0.767 bits per heavy atom. The zero-order valence-corrected chi connectivity index (χ0v) is 19.5. The first-order chi connectivity index (χ1) is 14.3. The fourth-order valence-electron chi connectivity index (χ4n) is 0.432. The van der Waals surface area contributed by atoms with Crippen LogP contribution in [0.2, 0.25) is 0 Å². The van der Waals surface area contributed by atoms with Gasteiger partial charge in [-0.25, -0.2) is 0 Å². The van der Waals surface area contributed by atoms with E-state index in [0.29, 0.717) is 0 Å². The minimum absolute atomic E-state index is 0.131. The normalized spacial score (nSPS) is 7.40. The molecule has 3 amide bonds. The van der Waals surface area contributed by atoms with Gasteiger partial charge in [-0.3, -0.25) is 14.4 Å². The number of H-pyrrole nitrogens is 2. The van der Waals surface area contributed by atoms with E-state index >= 15 is 0 Å². The first kappa shape index (κ1) is 31.9. The predicted molar refractivity (Wildman–Crippen MR) is 119 cm³/mol. The van der Waals surface area contributed by atoms with Crippen molar-refractivity contribution in [2.24, 2.45) is 0 Å². The molecule has 19 heteroatoms. The van der Waals surface area contributed by atoms with Crippen LogP contribution in [0.1, 0.15) is 20.8 Å². The van der Waals surface area contributed by atoms with E-state index in [2.05, 4.69) is 98.2 Å². The summed E-state index contributed by atoms with van der Waals surface area (Å²) in [7, 11) is 0. The van der Waals surface area contributed by atoms with Gasteiger partial charge in [-0.1, -0.05) is 48.1 Å². The van der Waals surface area contributed by atoms with E-state index in [1.807, 2.05) is 5.38 Å². The summed E-state index contributed by atoms with van der Waals surface area (Å²) < 4.78 is 9.76. The molecule has 0 aliphatic rings. The number of thiol groups is 3. The number of nitrogens with one attached hydrogen (secondary N) is 5. The maximum absolute atomic E-state index is 9.62. The van der Waals surface area contributed by atoms with Crippen LogP contribution in [0.4, 0.5) is 0 Å². The number of amides is 3. The molecule has 0 radical (unpaired) electrons. The van der Waals surface area contributed by atoms with Crippen molar-refractivity contribution in [1.29, 1.82) is 0 Å². The van der Waals surface area contributed by atoms with E-state index in [9.17, 15) is 14.4 Å². The third-order valence-corrected chi connectivity index (χ3v) is 2.73. The number of rotatable bonds is 0. The van der Waals surface area contributed by atoms with Gasteiger partial charge >= 0.3 is 0 Å². The molecule has 0 aliphatic carbocycles. The maximum atomic E-state index is 9.62. The van der Waals surface area contributed by atoms with E-state index < -0.39 is 0 Å². The lowest BCUT2D eigenvalue weighted by molar-refractivity contribution is -0.117. The summed E-state index contributed by atoms with van der Waals surface area (Å²) in [6, 6.07) is 0. The summed E-state index contributed by atoms with van der Waals surface area (Å²) in [6.07, 6.45) is 6.16. The summed E-state index contributed by atoms with van der Waals surface area (Å²) in [6.45, 7) is 4.19. The van der Waals surface area contributed by atoms with Crippen molar-refractivity contribution in [2.45, 2.75) is 20.8 Å². The average Bonchev–Trinajstić information content (AvgIpc) is 3.54. The Labute approximate surface area is 192 Å². The van der Waals surface area contributed by atoms with E-state index in [4.69, 9.17) is 0 Å². The molecule has 30 heavy (non-hydrogen) atoms. The van der Waals surface area contributed by atoms with Gasteiger partial charge in [-0.2, -0.15) is 20.6 Å². The van der Waals surface area contributed by atoms with Crippen molar-refractivity contribution in [3.05, 3.63) is 30.3 Å². The molecule has 168 valence electrons. The molecule has 0 aromatic carbocycles. The number of carbonyl (C=O) groups is 3. The fraction of sp³-hybridized carbons (Fsp3) is 0.273. The lowest BCUT2D eigenvalue weighted by Gasteiger charge is -1.78. The molecule has 3 heterocycles. The number of nitrogens with zero attached hydrogens (tertiary/aromatic N) is 7. The Hall–Kier alpha value is -2.77. The lowest BCUT2D eigenvalue weighted by atomic mass is 10.8. The summed E-state index contributed by atoms with van der Waals surface area (Å²) in [5.74, 6) is -0.394. The molecule has 0 unspecified atom stereocenters. The summed E-state index contributed by atoms with van der Waals surface area (Å²) in [5.41, 5.74) is 0. The number of hydrogen-bond acceptors (Lipinski definition) is 14. The van der Waals surface area contributed by atoms with Crippen molar-refractivity contribution < 1.29 is 14.4 Å². The molecular formula is C11H22N12O3S4. The summed E-state index contributed by atoms with van der Waals surface area (Å²) in [5, 5.41) is 26.8. The largest absolute Gasteiger partial charge is 0.303 e. The Kier molecular flexibility index (Phi) is 30.3. The van der Waals surface area contributed by atoms with Crippen LogP contribution in [0.3, 0.4) is 0 Å². The Balaban J connectivity index is -0.000000292. The minimum atomic E-state index is -0.131. The van der Waals surface area contributed by atoms with Crippen molar-refractivity contribution in [1.82, 2.24) is 59.8 Å². The smallest absolute Gasteiger partial charge is 0.226 e. The highest BCUT2D eigenvalue weighted by molar-refractivity contribution is 7.79. The zero-order valence-electron chi connectivity index (χ0n) is 16.0. The van der Waals surface area contributed by atoms with E-state index in [0.717, 1.165) is 0 Å². The standard InChI is InChI=1S/C2H3N3.C2H2N2S.3C2H5NOS.CH2N4/c1-2-4-5-3-1;1-2-5-4-3-1;3*1-2(4)3-5;1-2-4-5-3-1/h1-2H,(H,3,4,5);1-2H;3*5H,1H3,(H,3,4);1H,(H,2,3,4,5). The molecule has 3 aromatic heterocycles. The molecule has 0 aliphatic heterocycles. The molecule has 15 nitrogen and oxygen atoms in total. The molecule has 0 bridgehead atoms. The Morgan fingerprint density at radius 2 is 1.23 bits per heavy atom. The van der Waals surface area contributed by atoms with E-state index in [1.54, 1.807) is 18.6 Å². The van der Waals surface area contributed by atoms with E-state index in [1.165, 1.54) is 38.6 Å². The second kappa shape index (κ2) is 28.4. The van der Waals surface area contributed by atoms with Crippen LogP contribution in [-0.4, -0.2) is 63.3 Å². The van der Waals surface area contributed by atoms with Gasteiger partial charge in [-0.05, 0) is 11.5 Å². The molecule has 0 fully saturated rings. The molecule has 3 rings (SSSR count). The van der Waals surface area contributed by atoms with Gasteiger partial charge in [0.25, 0.3) is 0 Å². The zero-order chi connectivity index (χ0) is 23.5. The van der Waals surface area contributed by atoms with Crippen LogP contribution >= 0.6 is 50.0 Å². The maximum Gasteiger partial charge on any atom is 0.226 e. The van der Waals surface area contributed by atoms with Gasteiger partial charge in [0.15, 0.2) is 6.33 Å². The molecule has 0 saturated carbocycles. The van der Waals surface area contributed by atoms with Gasteiger partial charge in [0.05, 0.1) is 18.6 Å². The van der Waals surface area contributed by atoms with Crippen LogP contribution in [0.5, 0.6) is 0 Å². The predicted octanol–water partition coefficient (Wildman–Crippen LogP) is -0.556. The second-order valence-electron chi connectivity index (χ2n) is 3.81. The van der Waals surface area contributed by atoms with E-state index in [-0.39, 0.29) is 17.7 Å². The molecule has 0 saturated heterocycles. The quantitative estimate of drug-likeness (QED) is 0.185. The minimum Gasteiger partial charge on any atom is -0.303 e. The van der Waals surface area contributed by atoms with Gasteiger partial charge in [0, 0.05) is 26.2 Å². The monoisotopic (exact) mass is 498 g/mol. The van der Waals surface area contributed by atoms with Crippen LogP contribution in [0.25, 0.3) is 0 Å². The highest BCUT2D eigenvalue weighted by Crippen LogP contribution is 1.78. The van der Waals surface area contributed by atoms with Crippen molar-refractivity contribution in [3.63, 3.8) is 0 Å². The Morgan fingerprint density at radius 3 is 1.33 bits per heavy atom. The molecule has 0 atom stereocenters. The number of tetrazole rings is 1. The van der Waals surface area contributed by atoms with Crippen LogP contribution in [0, 0.1) is 0 Å². The highest BCUT2D eigenvalue weighted by Gasteiger charge is 1.74. The SMILES string of the molecule is CC(=O)NS.CC(=O)NS.CC(=O)NS.c1cn[nH]n1.c1csnn1.c1nn[nH]n1. The Bertz CT molecular complexity index is 537. The lowest BCUT2D eigenvalue weighted by Crippen LogP contribution is -2.04. The molecular weight excluding hydrogens is 476 g/mol. The summed E-state index contributed by atoms with van der Waals surface area (Å²) >= 11 is 11.6. The van der Waals surface area contributed by atoms with Gasteiger partial charge in [0.1, 0.15) is 0 Å².